The molecule has 39 heavy (non-hydrogen) atoms. The second-order valence-electron chi connectivity index (χ2n) is 9.00. The number of hydrogen-bond acceptors (Lipinski definition) is 4. The molecule has 1 unspecified atom stereocenters. The van der Waals surface area contributed by atoms with Gasteiger partial charge in [0, 0.05) is 13.1 Å². The van der Waals surface area contributed by atoms with Gasteiger partial charge in [0.05, 0.1) is 15.6 Å². The highest BCUT2D eigenvalue weighted by Gasteiger charge is 2.33. The van der Waals surface area contributed by atoms with Crippen LogP contribution in [0.4, 0.5) is 10.1 Å². The molecule has 1 N–H and O–H groups in total. The van der Waals surface area contributed by atoms with Crippen molar-refractivity contribution in [1.82, 2.24) is 10.2 Å². The van der Waals surface area contributed by atoms with Crippen LogP contribution in [0.25, 0.3) is 0 Å². The summed E-state index contributed by atoms with van der Waals surface area (Å²) in [6, 6.07) is 19.4. The molecule has 3 aromatic carbocycles. The second-order valence-corrected chi connectivity index (χ2v) is 11.3. The lowest BCUT2D eigenvalue weighted by atomic mass is 10.1. The molecule has 3 rings (SSSR count). The minimum atomic E-state index is -4.25. The summed E-state index contributed by atoms with van der Waals surface area (Å²) in [6.45, 7) is 3.76. The molecule has 3 aromatic rings. The van der Waals surface area contributed by atoms with Gasteiger partial charge >= 0.3 is 0 Å². The van der Waals surface area contributed by atoms with Crippen LogP contribution in [0.2, 0.25) is 5.02 Å². The smallest absolute Gasteiger partial charge is 0.264 e. The minimum Gasteiger partial charge on any atom is -0.354 e. The van der Waals surface area contributed by atoms with Gasteiger partial charge in [0.1, 0.15) is 18.4 Å². The van der Waals surface area contributed by atoms with Gasteiger partial charge in [-0.3, -0.25) is 13.9 Å². The normalized spacial score (nSPS) is 12.0. The number of amides is 2. The molecule has 1 atom stereocenters. The molecule has 0 aliphatic carbocycles. The highest BCUT2D eigenvalue weighted by atomic mass is 35.5. The number of sulfonamides is 1. The average molecular weight is 574 g/mol. The predicted octanol–water partition coefficient (Wildman–Crippen LogP) is 5.40. The van der Waals surface area contributed by atoms with E-state index in [1.165, 1.54) is 29.2 Å². The Balaban J connectivity index is 2.03. The monoisotopic (exact) mass is 573 g/mol. The van der Waals surface area contributed by atoms with Crippen LogP contribution in [0, 0.1) is 5.82 Å². The van der Waals surface area contributed by atoms with Gasteiger partial charge in [0.25, 0.3) is 10.0 Å². The Bertz CT molecular complexity index is 1360. The Morgan fingerprint density at radius 1 is 0.974 bits per heavy atom. The van der Waals surface area contributed by atoms with Crippen LogP contribution in [-0.2, 0) is 26.2 Å². The molecule has 2 amide bonds. The van der Waals surface area contributed by atoms with Crippen molar-refractivity contribution in [3.63, 3.8) is 0 Å². The molecule has 0 bridgehead atoms. The van der Waals surface area contributed by atoms with Crippen LogP contribution in [0.3, 0.4) is 0 Å². The van der Waals surface area contributed by atoms with E-state index in [1.807, 2.05) is 37.3 Å². The zero-order valence-electron chi connectivity index (χ0n) is 22.0. The van der Waals surface area contributed by atoms with Crippen LogP contribution in [0.5, 0.6) is 0 Å². The number of anilines is 1. The molecule has 0 heterocycles. The Kier molecular flexibility index (Phi) is 10.9. The van der Waals surface area contributed by atoms with Crippen molar-refractivity contribution in [2.75, 3.05) is 17.4 Å². The Labute approximate surface area is 234 Å². The van der Waals surface area contributed by atoms with Gasteiger partial charge in [0.2, 0.25) is 11.8 Å². The van der Waals surface area contributed by atoms with E-state index in [4.69, 9.17) is 11.6 Å². The first-order chi connectivity index (χ1) is 18.7. The van der Waals surface area contributed by atoms with E-state index in [-0.39, 0.29) is 28.1 Å². The molecule has 0 aromatic heterocycles. The molecule has 0 aliphatic rings. The van der Waals surface area contributed by atoms with Crippen molar-refractivity contribution in [2.24, 2.45) is 0 Å². The average Bonchev–Trinajstić information content (AvgIpc) is 2.94. The lowest BCUT2D eigenvalue weighted by Gasteiger charge is -2.33. The van der Waals surface area contributed by atoms with Gasteiger partial charge in [0.15, 0.2) is 0 Å². The SMILES string of the molecule is CCCCNC(=O)C(CC)N(Cc1ccccc1)C(=O)CN(c1ccc(F)c(Cl)c1)S(=O)(=O)c1ccccc1. The maximum Gasteiger partial charge on any atom is 0.264 e. The van der Waals surface area contributed by atoms with Crippen LogP contribution < -0.4 is 9.62 Å². The molecule has 0 saturated carbocycles. The van der Waals surface area contributed by atoms with E-state index in [0.717, 1.165) is 28.8 Å². The van der Waals surface area contributed by atoms with Gasteiger partial charge in [-0.15, -0.1) is 0 Å². The number of benzene rings is 3. The molecule has 0 radical (unpaired) electrons. The van der Waals surface area contributed by atoms with Crippen LogP contribution in [-0.4, -0.2) is 44.3 Å². The lowest BCUT2D eigenvalue weighted by Crippen LogP contribution is -2.52. The van der Waals surface area contributed by atoms with Crippen molar-refractivity contribution in [3.05, 3.63) is 95.3 Å². The summed E-state index contributed by atoms with van der Waals surface area (Å²) in [5.41, 5.74) is 0.812. The van der Waals surface area contributed by atoms with Crippen molar-refractivity contribution >= 4 is 39.1 Å². The molecular formula is C29H33ClFN3O4S. The fourth-order valence-corrected chi connectivity index (χ4v) is 5.70. The number of nitrogens with one attached hydrogen (secondary N) is 1. The molecule has 0 fully saturated rings. The second kappa shape index (κ2) is 14.1. The number of unbranched alkanes of at least 4 members (excludes halogenated alkanes) is 1. The van der Waals surface area contributed by atoms with E-state index in [2.05, 4.69) is 5.32 Å². The number of rotatable bonds is 13. The van der Waals surface area contributed by atoms with Crippen molar-refractivity contribution in [3.8, 4) is 0 Å². The highest BCUT2D eigenvalue weighted by Crippen LogP contribution is 2.28. The molecule has 0 aliphatic heterocycles. The minimum absolute atomic E-state index is 0.0266. The quantitative estimate of drug-likeness (QED) is 0.277. The van der Waals surface area contributed by atoms with Gasteiger partial charge in [-0.05, 0) is 48.7 Å². The van der Waals surface area contributed by atoms with E-state index >= 15 is 0 Å². The van der Waals surface area contributed by atoms with Gasteiger partial charge in [-0.25, -0.2) is 12.8 Å². The van der Waals surface area contributed by atoms with E-state index in [0.29, 0.717) is 13.0 Å². The first-order valence-corrected chi connectivity index (χ1v) is 14.6. The maximum absolute atomic E-state index is 14.0. The number of hydrogen-bond donors (Lipinski definition) is 1. The summed E-state index contributed by atoms with van der Waals surface area (Å²) >= 11 is 5.99. The summed E-state index contributed by atoms with van der Waals surface area (Å²) in [6.07, 6.45) is 2.02. The topological polar surface area (TPSA) is 86.8 Å². The Morgan fingerprint density at radius 3 is 2.21 bits per heavy atom. The summed E-state index contributed by atoms with van der Waals surface area (Å²) < 4.78 is 42.3. The third-order valence-corrected chi connectivity index (χ3v) is 8.29. The van der Waals surface area contributed by atoms with Crippen LogP contribution in [0.15, 0.2) is 83.8 Å². The van der Waals surface area contributed by atoms with E-state index < -0.39 is 34.3 Å². The molecule has 7 nitrogen and oxygen atoms in total. The van der Waals surface area contributed by atoms with Crippen molar-refractivity contribution in [1.29, 1.82) is 0 Å². The van der Waals surface area contributed by atoms with Crippen LogP contribution >= 0.6 is 11.6 Å². The molecule has 10 heteroatoms. The van der Waals surface area contributed by atoms with Gasteiger partial charge in [-0.2, -0.15) is 0 Å². The molecule has 208 valence electrons. The fourth-order valence-electron chi connectivity index (χ4n) is 4.09. The van der Waals surface area contributed by atoms with E-state index in [1.54, 1.807) is 25.1 Å². The molecule has 0 spiro atoms. The van der Waals surface area contributed by atoms with Crippen molar-refractivity contribution < 1.29 is 22.4 Å². The first kappa shape index (κ1) is 30.1. The zero-order chi connectivity index (χ0) is 28.4. The molecule has 0 saturated heterocycles. The van der Waals surface area contributed by atoms with Crippen LogP contribution in [0.1, 0.15) is 38.7 Å². The standard InChI is InChI=1S/C29H33ClFN3O4S/c1-3-5-18-32-29(36)27(4-2)33(20-22-12-8-6-9-13-22)28(35)21-34(23-16-17-26(31)25(30)19-23)39(37,38)24-14-10-7-11-15-24/h6-17,19,27H,3-5,18,20-21H2,1-2H3,(H,32,36). The summed E-state index contributed by atoms with van der Waals surface area (Å²) in [5, 5.41) is 2.61. The summed E-state index contributed by atoms with van der Waals surface area (Å²) in [7, 11) is -4.25. The van der Waals surface area contributed by atoms with Gasteiger partial charge < -0.3 is 10.2 Å². The third-order valence-electron chi connectivity index (χ3n) is 6.21. The number of carbonyl (C=O) groups is 2. The third kappa shape index (κ3) is 7.80. The van der Waals surface area contributed by atoms with E-state index in [9.17, 15) is 22.4 Å². The number of halogens is 2. The maximum atomic E-state index is 14.0. The predicted molar refractivity (Wildman–Crippen MR) is 151 cm³/mol. The number of carbonyl (C=O) groups excluding carboxylic acids is 2. The Hall–Kier alpha value is -3.43. The van der Waals surface area contributed by atoms with Gasteiger partial charge in [-0.1, -0.05) is 80.4 Å². The highest BCUT2D eigenvalue weighted by molar-refractivity contribution is 7.92. The summed E-state index contributed by atoms with van der Waals surface area (Å²) in [5.74, 6) is -1.61. The zero-order valence-corrected chi connectivity index (χ0v) is 23.6. The first-order valence-electron chi connectivity index (χ1n) is 12.8. The molecular weight excluding hydrogens is 541 g/mol. The fraction of sp³-hybridized carbons (Fsp3) is 0.310. The number of nitrogens with zero attached hydrogens (tertiary/aromatic N) is 2. The summed E-state index contributed by atoms with van der Waals surface area (Å²) in [4.78, 5) is 28.4. The largest absolute Gasteiger partial charge is 0.354 e. The Morgan fingerprint density at radius 2 is 1.62 bits per heavy atom. The van der Waals surface area contributed by atoms with Crippen molar-refractivity contribution in [2.45, 2.75) is 50.6 Å². The lowest BCUT2D eigenvalue weighted by molar-refractivity contribution is -0.140.